The molecule has 614 valence electrons. The molecule has 0 fully saturated rings. The zero-order valence-corrected chi connectivity index (χ0v) is 68.1. The molecule has 4 N–H and O–H groups in total. The Morgan fingerprint density at radius 2 is 0.823 bits per heavy atom. The fraction of sp³-hybridized carbons (Fsp3) is 0.142. The average Bonchev–Trinajstić information content (AvgIpc) is 1.58. The number of carbonyl (C=O) groups excluding carboxylic acids is 3. The predicted octanol–water partition coefficient (Wildman–Crippen LogP) is 22.6. The molecule has 12 aromatic carbocycles. The number of nitrogens with one attached hydrogen (secondary N) is 4. The van der Waals surface area contributed by atoms with E-state index in [0.29, 0.717) is 43.6 Å². The van der Waals surface area contributed by atoms with E-state index < -0.39 is 28.7 Å². The van der Waals surface area contributed by atoms with Gasteiger partial charge in [-0.25, -0.2) is 0 Å². The molecule has 4 unspecified atom stereocenters. The fourth-order valence-corrected chi connectivity index (χ4v) is 18.3. The van der Waals surface area contributed by atoms with E-state index in [4.69, 9.17) is 4.74 Å². The first-order chi connectivity index (χ1) is 60.7. The summed E-state index contributed by atoms with van der Waals surface area (Å²) < 4.78 is 47.4. The van der Waals surface area contributed by atoms with Crippen molar-refractivity contribution in [1.29, 1.82) is 0 Å². The number of nitro benzene ring substituents is 1. The van der Waals surface area contributed by atoms with E-state index in [1.165, 1.54) is 74.6 Å². The summed E-state index contributed by atoms with van der Waals surface area (Å²) in [6.07, 6.45) is 10.3. The predicted molar refractivity (Wildman–Crippen MR) is 485 cm³/mol. The third-order valence-electron chi connectivity index (χ3n) is 24.2. The van der Waals surface area contributed by atoms with Gasteiger partial charge in [0.2, 0.25) is 11.8 Å². The first kappa shape index (κ1) is 80.0. The number of amides is 3. The number of nitrogens with zero attached hydrogens (tertiary/aromatic N) is 5. The number of H-pyrrole nitrogens is 4. The van der Waals surface area contributed by atoms with E-state index >= 15 is 9.59 Å². The molecule has 4 aromatic heterocycles. The highest BCUT2D eigenvalue weighted by Crippen LogP contribution is 2.46. The molecule has 4 aliphatic heterocycles. The molecular formula is C106H88F3N9O6. The molecule has 0 bridgehead atoms. The summed E-state index contributed by atoms with van der Waals surface area (Å²) in [5, 5.41) is 15.6. The van der Waals surface area contributed by atoms with Crippen molar-refractivity contribution in [2.45, 2.75) is 62.4 Å². The zero-order chi connectivity index (χ0) is 84.8. The van der Waals surface area contributed by atoms with Gasteiger partial charge in [-0.3, -0.25) is 24.5 Å². The molecule has 0 saturated carbocycles. The van der Waals surface area contributed by atoms with Crippen molar-refractivity contribution in [2.75, 3.05) is 33.3 Å². The van der Waals surface area contributed by atoms with Crippen LogP contribution in [0.1, 0.15) is 119 Å². The van der Waals surface area contributed by atoms with E-state index in [0.717, 1.165) is 121 Å². The van der Waals surface area contributed by atoms with Crippen LogP contribution in [-0.2, 0) is 52.7 Å². The smallest absolute Gasteiger partial charge is 0.416 e. The lowest BCUT2D eigenvalue weighted by atomic mass is 9.88. The van der Waals surface area contributed by atoms with Crippen LogP contribution in [0, 0.1) is 10.1 Å². The number of nitro groups is 1. The summed E-state index contributed by atoms with van der Waals surface area (Å²) in [5.41, 5.74) is 20.2. The van der Waals surface area contributed by atoms with E-state index in [2.05, 4.69) is 128 Å². The molecule has 18 heteroatoms. The Balaban J connectivity index is 0.000000141. The largest absolute Gasteiger partial charge is 0.497 e. The van der Waals surface area contributed by atoms with Gasteiger partial charge in [0.15, 0.2) is 0 Å². The summed E-state index contributed by atoms with van der Waals surface area (Å²) in [4.78, 5) is 77.2. The average molecular weight is 1640 g/mol. The van der Waals surface area contributed by atoms with Crippen molar-refractivity contribution in [2.24, 2.45) is 0 Å². The Bertz CT molecular complexity index is 6700. The first-order valence-electron chi connectivity index (χ1n) is 41.8. The Labute approximate surface area is 715 Å². The van der Waals surface area contributed by atoms with E-state index in [1.807, 2.05) is 192 Å². The van der Waals surface area contributed by atoms with Gasteiger partial charge < -0.3 is 44.3 Å². The summed E-state index contributed by atoms with van der Waals surface area (Å²) in [6.45, 7) is 2.35. The quantitative estimate of drug-likeness (QED) is 0.0322. The molecule has 15 nitrogen and oxygen atoms in total. The van der Waals surface area contributed by atoms with Crippen LogP contribution in [0.4, 0.5) is 18.9 Å². The van der Waals surface area contributed by atoms with Gasteiger partial charge in [-0.1, -0.05) is 255 Å². The number of hydrogen-bond donors (Lipinski definition) is 4. The second-order valence-corrected chi connectivity index (χ2v) is 31.5. The molecule has 0 aliphatic carbocycles. The number of rotatable bonds is 16. The van der Waals surface area contributed by atoms with Gasteiger partial charge in [0, 0.05) is 122 Å². The van der Waals surface area contributed by atoms with Crippen LogP contribution in [0.15, 0.2) is 352 Å². The van der Waals surface area contributed by atoms with Gasteiger partial charge >= 0.3 is 6.18 Å². The summed E-state index contributed by atoms with van der Waals surface area (Å²) >= 11 is 0. The Morgan fingerprint density at radius 3 is 1.26 bits per heavy atom. The highest BCUT2D eigenvalue weighted by atomic mass is 19.4. The van der Waals surface area contributed by atoms with Crippen LogP contribution in [-0.4, -0.2) is 95.5 Å². The lowest BCUT2D eigenvalue weighted by Crippen LogP contribution is -2.42. The third-order valence-corrected chi connectivity index (χ3v) is 24.2. The molecule has 4 aliphatic rings. The normalized spacial score (nSPS) is 16.5. The number of alkyl halides is 3. The van der Waals surface area contributed by atoms with E-state index in [-0.39, 0.29) is 46.6 Å². The standard InChI is InChI=1S/C53H41F3N4O2.C27H26N2O.C26H21N3O3/c54-53(55,56)38-26-24-35(25-27-38)43(33-47(61)59-30-28-41-39-20-10-12-22-45(39)57-48(41)50(59)36-16-6-2-7-17-36)44(32-34-14-4-1-5-15-34)52(62)60-31-29-42-40-21-11-13-23-46(40)58-49(42)51(60)37-18-8-3-9-19-37;1-30-22-15-13-20(14-16-22)8-7-18-29-19-17-24-23-11-5-6-12-25(23)28-26(24)27(29)21-9-3-2-4-10-21;30-24(15-12-18-10-13-20(14-11-18)29(31)32)28-17-16-22-21-8-4-5-9-23(21)27-25(22)26(28)19-6-2-1-3-7-19/h1-27,32-33,50-51,57-58H,28-31H2;2-7,9-16,18,27-28H,8,17,19H2,1H3;1-15,26-27H,16-17H2/b43-33+,44-32+;18-7+;15-12+. The van der Waals surface area contributed by atoms with Crippen molar-refractivity contribution in [1.82, 2.24) is 39.5 Å². The molecule has 0 saturated heterocycles. The highest BCUT2D eigenvalue weighted by Gasteiger charge is 2.41. The van der Waals surface area contributed by atoms with Gasteiger partial charge in [0.1, 0.15) is 5.75 Å². The molecule has 3 amide bonds. The maximum Gasteiger partial charge on any atom is 0.416 e. The molecular weight excluding hydrogens is 1550 g/mol. The molecule has 4 atom stereocenters. The number of aromatic nitrogens is 4. The van der Waals surface area contributed by atoms with Gasteiger partial charge in [0.25, 0.3) is 11.6 Å². The van der Waals surface area contributed by atoms with E-state index in [1.54, 1.807) is 42.4 Å². The molecule has 16 aromatic rings. The minimum absolute atomic E-state index is 0.0278. The van der Waals surface area contributed by atoms with Crippen molar-refractivity contribution >= 4 is 84.7 Å². The summed E-state index contributed by atoms with van der Waals surface area (Å²) in [6, 6.07) is 101. The van der Waals surface area contributed by atoms with Gasteiger partial charge in [0.05, 0.1) is 41.8 Å². The number of benzene rings is 12. The number of carbonyl (C=O) groups is 3. The number of methoxy groups -OCH3 is 1. The fourth-order valence-electron chi connectivity index (χ4n) is 18.3. The number of non-ortho nitro benzene ring substituents is 1. The second kappa shape index (κ2) is 35.3. The number of fused-ring (bicyclic) bond motifs is 12. The molecule has 0 radical (unpaired) electrons. The molecule has 20 rings (SSSR count). The Kier molecular flexibility index (Phi) is 22.8. The lowest BCUT2D eigenvalue weighted by molar-refractivity contribution is -0.384. The SMILES string of the molecule is COc1ccc(C/C=C/N2CCc3c([nH]c4ccccc34)C2c2ccccc2)cc1.O=C(/C=C(/C(=C\c1ccccc1)C(=O)N1CCc2c([nH]c3ccccc23)C1c1ccccc1)c1ccc(C(F)(F)F)cc1)N1CCc2c([nH]c3ccccc23)C1c1ccccc1.O=C(/C=C/c1ccc([N+](=O)[O-])cc1)N1CCc2c([nH]c3ccccc23)C1c1ccccc1. The maximum absolute atomic E-state index is 15.8. The van der Waals surface area contributed by atoms with Crippen LogP contribution in [0.3, 0.4) is 0 Å². The van der Waals surface area contributed by atoms with Crippen molar-refractivity contribution in [3.63, 3.8) is 0 Å². The van der Waals surface area contributed by atoms with Crippen molar-refractivity contribution in [3.8, 4) is 5.75 Å². The molecule has 8 heterocycles. The Hall–Kier alpha value is -15.0. The lowest BCUT2D eigenvalue weighted by Gasteiger charge is -2.37. The number of ether oxygens (including phenoxy) is 1. The molecule has 124 heavy (non-hydrogen) atoms. The molecule has 0 spiro atoms. The topological polar surface area (TPSA) is 180 Å². The number of halogens is 3. The monoisotopic (exact) mass is 1640 g/mol. The minimum Gasteiger partial charge on any atom is -0.497 e. The van der Waals surface area contributed by atoms with Crippen LogP contribution < -0.4 is 4.74 Å². The summed E-state index contributed by atoms with van der Waals surface area (Å²) in [5.74, 6) is 0.0684. The van der Waals surface area contributed by atoms with Gasteiger partial charge in [-0.05, 0) is 183 Å². The maximum atomic E-state index is 15.8. The zero-order valence-electron chi connectivity index (χ0n) is 68.1. The summed E-state index contributed by atoms with van der Waals surface area (Å²) in [7, 11) is 1.70. The number of aromatic amines is 4. The highest BCUT2D eigenvalue weighted by molar-refractivity contribution is 6.16. The van der Waals surface area contributed by atoms with E-state index in [9.17, 15) is 28.1 Å². The number of hydrogen-bond acceptors (Lipinski definition) is 7. The van der Waals surface area contributed by atoms with Crippen molar-refractivity contribution in [3.05, 3.63) is 457 Å². The number of allylic oxidation sites excluding steroid dienone is 1. The van der Waals surface area contributed by atoms with Crippen LogP contribution in [0.5, 0.6) is 5.75 Å². The Morgan fingerprint density at radius 1 is 0.435 bits per heavy atom. The number of para-hydroxylation sites is 4. The van der Waals surface area contributed by atoms with Crippen LogP contribution in [0.2, 0.25) is 0 Å². The van der Waals surface area contributed by atoms with Crippen LogP contribution in [0.25, 0.3) is 61.3 Å². The van der Waals surface area contributed by atoms with Gasteiger partial charge in [-0.2, -0.15) is 13.2 Å². The van der Waals surface area contributed by atoms with Gasteiger partial charge in [-0.15, -0.1) is 0 Å². The van der Waals surface area contributed by atoms with Crippen LogP contribution >= 0.6 is 0 Å². The second-order valence-electron chi connectivity index (χ2n) is 31.5. The first-order valence-corrected chi connectivity index (χ1v) is 41.8. The minimum atomic E-state index is -4.58. The van der Waals surface area contributed by atoms with Crippen molar-refractivity contribution < 1.29 is 37.2 Å². The third kappa shape index (κ3) is 16.5.